The maximum atomic E-state index is 11.8. The summed E-state index contributed by atoms with van der Waals surface area (Å²) in [5, 5.41) is 0. The number of rotatable bonds is 18. The number of hydrogen-bond donors (Lipinski definition) is 0. The molecule has 0 aliphatic heterocycles. The molecule has 3 nitrogen and oxygen atoms in total. The van der Waals surface area contributed by atoms with Gasteiger partial charge in [-0.15, -0.1) is 0 Å². The summed E-state index contributed by atoms with van der Waals surface area (Å²) < 4.78 is 5.33. The van der Waals surface area contributed by atoms with Crippen LogP contribution in [0.25, 0.3) is 0 Å². The third-order valence-electron chi connectivity index (χ3n) is 4.77. The zero-order valence-electron chi connectivity index (χ0n) is 18.3. The van der Waals surface area contributed by atoms with E-state index in [0.717, 1.165) is 19.3 Å². The molecule has 0 radical (unpaired) electrons. The lowest BCUT2D eigenvalue weighted by atomic mass is 10.1. The Hall–Kier alpha value is -1.56. The zero-order valence-corrected chi connectivity index (χ0v) is 18.3. The fourth-order valence-corrected chi connectivity index (χ4v) is 3.11. The van der Waals surface area contributed by atoms with Gasteiger partial charge < -0.3 is 4.74 Å². The molecule has 0 aliphatic carbocycles. The quantitative estimate of drug-likeness (QED) is 0.0837. The van der Waals surface area contributed by atoms with E-state index in [2.05, 4.69) is 30.9 Å². The predicted molar refractivity (Wildman–Crippen MR) is 118 cm³/mol. The Balaban J connectivity index is 3.49. The van der Waals surface area contributed by atoms with Crippen molar-refractivity contribution in [3.63, 3.8) is 0 Å². The van der Waals surface area contributed by atoms with E-state index in [-0.39, 0.29) is 5.97 Å². The van der Waals surface area contributed by atoms with Gasteiger partial charge in [-0.25, -0.2) is 0 Å². The molecule has 0 aromatic heterocycles. The lowest BCUT2D eigenvalue weighted by Crippen LogP contribution is -2.16. The van der Waals surface area contributed by atoms with Crippen LogP contribution in [-0.2, 0) is 14.3 Å². The average molecular weight is 391 g/mol. The topological polar surface area (TPSA) is 43.4 Å². The Morgan fingerprint density at radius 1 is 0.821 bits per heavy atom. The SMILES string of the molecule is CCCCCCCC/C=C\CCCCCCCC(=O)OC(C#CC=O)CCC. The number of esters is 1. The van der Waals surface area contributed by atoms with Gasteiger partial charge in [0.1, 0.15) is 0 Å². The Bertz CT molecular complexity index is 456. The zero-order chi connectivity index (χ0) is 20.7. The van der Waals surface area contributed by atoms with Gasteiger partial charge in [-0.3, -0.25) is 9.59 Å². The summed E-state index contributed by atoms with van der Waals surface area (Å²) in [6.45, 7) is 4.27. The van der Waals surface area contributed by atoms with E-state index < -0.39 is 6.10 Å². The maximum absolute atomic E-state index is 11.8. The molecule has 1 unspecified atom stereocenters. The molecule has 1 atom stereocenters. The highest BCUT2D eigenvalue weighted by Gasteiger charge is 2.10. The second-order valence-corrected chi connectivity index (χ2v) is 7.51. The van der Waals surface area contributed by atoms with Gasteiger partial charge in [0.05, 0.1) is 0 Å². The molecule has 0 N–H and O–H groups in total. The van der Waals surface area contributed by atoms with Crippen LogP contribution in [0.1, 0.15) is 117 Å². The summed E-state index contributed by atoms with van der Waals surface area (Å²) in [5.74, 6) is 4.84. The molecule has 3 heteroatoms. The van der Waals surface area contributed by atoms with Crippen LogP contribution in [0.3, 0.4) is 0 Å². The fraction of sp³-hybridized carbons (Fsp3) is 0.760. The average Bonchev–Trinajstić information content (AvgIpc) is 2.69. The second kappa shape index (κ2) is 21.7. The molecule has 0 fully saturated rings. The minimum absolute atomic E-state index is 0.198. The summed E-state index contributed by atoms with van der Waals surface area (Å²) >= 11 is 0. The molecule has 0 aliphatic rings. The summed E-state index contributed by atoms with van der Waals surface area (Å²) in [6, 6.07) is 0. The summed E-state index contributed by atoms with van der Waals surface area (Å²) in [6.07, 6.45) is 22.9. The third-order valence-corrected chi connectivity index (χ3v) is 4.77. The van der Waals surface area contributed by atoms with Gasteiger partial charge in [-0.2, -0.15) is 0 Å². The maximum Gasteiger partial charge on any atom is 0.307 e. The first-order valence-electron chi connectivity index (χ1n) is 11.5. The largest absolute Gasteiger partial charge is 0.449 e. The van der Waals surface area contributed by atoms with E-state index >= 15 is 0 Å². The van der Waals surface area contributed by atoms with Crippen molar-refractivity contribution in [1.29, 1.82) is 0 Å². The Morgan fingerprint density at radius 3 is 1.96 bits per heavy atom. The van der Waals surface area contributed by atoms with Crippen molar-refractivity contribution in [2.45, 2.75) is 123 Å². The molecular formula is C25H42O3. The summed E-state index contributed by atoms with van der Waals surface area (Å²) in [4.78, 5) is 22.1. The van der Waals surface area contributed by atoms with Gasteiger partial charge in [0.25, 0.3) is 0 Å². The molecule has 28 heavy (non-hydrogen) atoms. The highest BCUT2D eigenvalue weighted by molar-refractivity contribution is 5.73. The molecule has 0 saturated heterocycles. The molecule has 0 saturated carbocycles. The first-order chi connectivity index (χ1) is 13.7. The smallest absolute Gasteiger partial charge is 0.307 e. The molecule has 0 amide bonds. The van der Waals surface area contributed by atoms with Crippen LogP contribution in [-0.4, -0.2) is 18.4 Å². The van der Waals surface area contributed by atoms with Gasteiger partial charge in [-0.1, -0.05) is 89.7 Å². The summed E-state index contributed by atoms with van der Waals surface area (Å²) in [5.41, 5.74) is 0. The van der Waals surface area contributed by atoms with Crippen molar-refractivity contribution >= 4 is 12.3 Å². The van der Waals surface area contributed by atoms with E-state index in [1.165, 1.54) is 70.6 Å². The lowest BCUT2D eigenvalue weighted by molar-refractivity contribution is -0.146. The van der Waals surface area contributed by atoms with E-state index in [9.17, 15) is 9.59 Å². The molecule has 0 heterocycles. The van der Waals surface area contributed by atoms with Crippen molar-refractivity contribution in [2.75, 3.05) is 0 Å². The molecule has 0 spiro atoms. The van der Waals surface area contributed by atoms with Gasteiger partial charge >= 0.3 is 5.97 Å². The predicted octanol–water partition coefficient (Wildman–Crippen LogP) is 6.94. The van der Waals surface area contributed by atoms with Crippen molar-refractivity contribution < 1.29 is 14.3 Å². The fourth-order valence-electron chi connectivity index (χ4n) is 3.11. The molecule has 0 aromatic rings. The minimum atomic E-state index is -0.439. The van der Waals surface area contributed by atoms with Crippen molar-refractivity contribution in [3.05, 3.63) is 12.2 Å². The highest BCUT2D eigenvalue weighted by atomic mass is 16.5. The first kappa shape index (κ1) is 26.4. The van der Waals surface area contributed by atoms with Crippen LogP contribution in [0.2, 0.25) is 0 Å². The number of ether oxygens (including phenoxy) is 1. The highest BCUT2D eigenvalue weighted by Crippen LogP contribution is 2.11. The number of hydrogen-bond acceptors (Lipinski definition) is 3. The van der Waals surface area contributed by atoms with E-state index in [0.29, 0.717) is 19.1 Å². The molecule has 0 rings (SSSR count). The number of unbranched alkanes of at least 4 members (excludes halogenated alkanes) is 11. The molecule has 160 valence electrons. The Morgan fingerprint density at radius 2 is 1.39 bits per heavy atom. The van der Waals surface area contributed by atoms with Crippen molar-refractivity contribution in [2.24, 2.45) is 0 Å². The van der Waals surface area contributed by atoms with Crippen molar-refractivity contribution in [3.8, 4) is 11.8 Å². The number of carbonyl (C=O) groups excluding carboxylic acids is 2. The lowest BCUT2D eigenvalue weighted by Gasteiger charge is -2.11. The number of carbonyl (C=O) groups is 2. The Kier molecular flexibility index (Phi) is 20.5. The number of allylic oxidation sites excluding steroid dienone is 2. The minimum Gasteiger partial charge on any atom is -0.449 e. The van der Waals surface area contributed by atoms with E-state index in [1.54, 1.807) is 0 Å². The van der Waals surface area contributed by atoms with Crippen LogP contribution in [0, 0.1) is 11.8 Å². The van der Waals surface area contributed by atoms with Crippen LogP contribution in [0.5, 0.6) is 0 Å². The van der Waals surface area contributed by atoms with Gasteiger partial charge in [0.15, 0.2) is 12.4 Å². The molecule has 0 aromatic carbocycles. The van der Waals surface area contributed by atoms with E-state index in [1.807, 2.05) is 6.92 Å². The van der Waals surface area contributed by atoms with Crippen LogP contribution in [0.4, 0.5) is 0 Å². The standard InChI is InChI=1S/C25H42O3/c1-3-5-6-7-8-9-10-11-12-13-14-15-16-17-18-22-25(27)28-24(20-4-2)21-19-23-26/h11-12,23-24H,3-10,13-18,20,22H2,1-2H3/b12-11-. The van der Waals surface area contributed by atoms with Gasteiger partial charge in [0.2, 0.25) is 0 Å². The second-order valence-electron chi connectivity index (χ2n) is 7.51. The first-order valence-corrected chi connectivity index (χ1v) is 11.5. The van der Waals surface area contributed by atoms with Crippen LogP contribution >= 0.6 is 0 Å². The molecular weight excluding hydrogens is 348 g/mol. The van der Waals surface area contributed by atoms with Crippen LogP contribution in [0.15, 0.2) is 12.2 Å². The van der Waals surface area contributed by atoms with Crippen LogP contribution < -0.4 is 0 Å². The van der Waals surface area contributed by atoms with Gasteiger partial charge in [-0.05, 0) is 44.4 Å². The Labute approximate surface area is 173 Å². The molecule has 0 bridgehead atoms. The van der Waals surface area contributed by atoms with Gasteiger partial charge in [0, 0.05) is 6.42 Å². The van der Waals surface area contributed by atoms with Crippen molar-refractivity contribution in [1.82, 2.24) is 0 Å². The summed E-state index contributed by atoms with van der Waals surface area (Å²) in [7, 11) is 0. The third kappa shape index (κ3) is 19.2. The normalized spacial score (nSPS) is 11.8. The monoisotopic (exact) mass is 390 g/mol. The number of aldehydes is 1. The van der Waals surface area contributed by atoms with E-state index in [4.69, 9.17) is 4.74 Å².